The zero-order chi connectivity index (χ0) is 15.3. The number of aryl methyl sites for hydroxylation is 1. The largest absolute Gasteiger partial charge is 0.390 e. The third kappa shape index (κ3) is 4.51. The first-order chi connectivity index (χ1) is 10.0. The Morgan fingerprint density at radius 1 is 1.14 bits per heavy atom. The van der Waals surface area contributed by atoms with E-state index >= 15 is 0 Å². The molecule has 5 N–H and O–H groups in total. The van der Waals surface area contributed by atoms with Crippen molar-refractivity contribution in [3.05, 3.63) is 35.4 Å². The van der Waals surface area contributed by atoms with Crippen LogP contribution in [0, 0.1) is 0 Å². The van der Waals surface area contributed by atoms with Crippen LogP contribution in [-0.2, 0) is 6.42 Å². The average Bonchev–Trinajstić information content (AvgIpc) is 2.52. The fourth-order valence-electron chi connectivity index (χ4n) is 3.12. The van der Waals surface area contributed by atoms with Crippen molar-refractivity contribution in [3.63, 3.8) is 0 Å². The Kier molecular flexibility index (Phi) is 5.76. The molecule has 4 heteroatoms. The third-order valence-electron chi connectivity index (χ3n) is 4.56. The molecule has 1 fully saturated rings. The van der Waals surface area contributed by atoms with E-state index in [0.717, 1.165) is 44.1 Å². The maximum Gasteiger partial charge on any atom is 0.106 e. The van der Waals surface area contributed by atoms with Crippen LogP contribution in [0.3, 0.4) is 0 Å². The predicted molar refractivity (Wildman–Crippen MR) is 82.8 cm³/mol. The van der Waals surface area contributed by atoms with Gasteiger partial charge in [0, 0.05) is 6.54 Å². The minimum Gasteiger partial charge on any atom is -0.390 e. The van der Waals surface area contributed by atoms with Crippen molar-refractivity contribution in [1.29, 1.82) is 0 Å². The molecule has 0 amide bonds. The van der Waals surface area contributed by atoms with Crippen LogP contribution >= 0.6 is 0 Å². The summed E-state index contributed by atoms with van der Waals surface area (Å²) >= 11 is 0. The number of rotatable bonds is 6. The van der Waals surface area contributed by atoms with Crippen LogP contribution in [0.5, 0.6) is 0 Å². The van der Waals surface area contributed by atoms with Crippen molar-refractivity contribution >= 4 is 0 Å². The highest BCUT2D eigenvalue weighted by atomic mass is 16.3. The number of aliphatic hydroxyl groups is 3. The molecular formula is C17H27NO3. The van der Waals surface area contributed by atoms with Crippen LogP contribution in [0.1, 0.15) is 55.8 Å². The standard InChI is InChI=1S/C17H27NO3/c18-12-15(19)16(20)14-6-4-5-13(11-14)7-10-17(21)8-2-1-3-9-17/h4-6,11,15-16,19-21H,1-3,7-10,12,18H2/t15-,16+/m1/s1. The van der Waals surface area contributed by atoms with Crippen molar-refractivity contribution < 1.29 is 15.3 Å². The Morgan fingerprint density at radius 2 is 1.86 bits per heavy atom. The molecule has 1 aromatic rings. The van der Waals surface area contributed by atoms with Crippen LogP contribution in [0.25, 0.3) is 0 Å². The van der Waals surface area contributed by atoms with E-state index in [0.29, 0.717) is 5.56 Å². The lowest BCUT2D eigenvalue weighted by atomic mass is 9.81. The van der Waals surface area contributed by atoms with E-state index in [-0.39, 0.29) is 6.54 Å². The Labute approximate surface area is 126 Å². The summed E-state index contributed by atoms with van der Waals surface area (Å²) in [6.45, 7) is 0.0329. The highest BCUT2D eigenvalue weighted by Gasteiger charge is 2.28. The highest BCUT2D eigenvalue weighted by Crippen LogP contribution is 2.32. The fraction of sp³-hybridized carbons (Fsp3) is 0.647. The Balaban J connectivity index is 1.97. The molecule has 1 saturated carbocycles. The first-order valence-corrected chi connectivity index (χ1v) is 7.91. The molecule has 0 unspecified atom stereocenters. The summed E-state index contributed by atoms with van der Waals surface area (Å²) in [5.41, 5.74) is 6.61. The molecule has 118 valence electrons. The first kappa shape index (κ1) is 16.4. The molecule has 2 atom stereocenters. The van der Waals surface area contributed by atoms with Crippen LogP contribution in [0.2, 0.25) is 0 Å². The average molecular weight is 293 g/mol. The molecule has 2 rings (SSSR count). The second kappa shape index (κ2) is 7.36. The van der Waals surface area contributed by atoms with Gasteiger partial charge in [-0.2, -0.15) is 0 Å². The summed E-state index contributed by atoms with van der Waals surface area (Å²) in [6, 6.07) is 7.57. The summed E-state index contributed by atoms with van der Waals surface area (Å²) in [5.74, 6) is 0. The smallest absolute Gasteiger partial charge is 0.106 e. The first-order valence-electron chi connectivity index (χ1n) is 7.91. The SMILES string of the molecule is NC[C@@H](O)[C@@H](O)c1cccc(CCC2(O)CCCCC2)c1. The Bertz CT molecular complexity index is 443. The molecule has 0 heterocycles. The quantitative estimate of drug-likeness (QED) is 0.642. The number of nitrogens with two attached hydrogens (primary N) is 1. The summed E-state index contributed by atoms with van der Waals surface area (Å²) in [6.07, 6.45) is 4.87. The number of benzene rings is 1. The minimum absolute atomic E-state index is 0.0329. The highest BCUT2D eigenvalue weighted by molar-refractivity contribution is 5.26. The van der Waals surface area contributed by atoms with Gasteiger partial charge in [0.1, 0.15) is 6.10 Å². The Hall–Kier alpha value is -0.940. The number of hydrogen-bond donors (Lipinski definition) is 4. The van der Waals surface area contributed by atoms with Crippen LogP contribution in [0.4, 0.5) is 0 Å². The zero-order valence-corrected chi connectivity index (χ0v) is 12.5. The lowest BCUT2D eigenvalue weighted by Crippen LogP contribution is -2.31. The second-order valence-corrected chi connectivity index (χ2v) is 6.28. The molecule has 1 aliphatic carbocycles. The Morgan fingerprint density at radius 3 is 2.52 bits per heavy atom. The summed E-state index contributed by atoms with van der Waals surface area (Å²) in [4.78, 5) is 0. The van der Waals surface area contributed by atoms with Gasteiger partial charge in [-0.3, -0.25) is 0 Å². The molecule has 0 spiro atoms. The molecule has 21 heavy (non-hydrogen) atoms. The molecule has 0 aromatic heterocycles. The fourth-order valence-corrected chi connectivity index (χ4v) is 3.12. The van der Waals surface area contributed by atoms with Gasteiger partial charge in [0.05, 0.1) is 11.7 Å². The van der Waals surface area contributed by atoms with Crippen molar-refractivity contribution in [2.45, 2.75) is 62.8 Å². The lowest BCUT2D eigenvalue weighted by Gasteiger charge is -2.32. The normalized spacial score (nSPS) is 21.0. The van der Waals surface area contributed by atoms with Gasteiger partial charge in [-0.25, -0.2) is 0 Å². The van der Waals surface area contributed by atoms with E-state index in [1.54, 1.807) is 6.07 Å². The van der Waals surface area contributed by atoms with Gasteiger partial charge in [-0.15, -0.1) is 0 Å². The van der Waals surface area contributed by atoms with E-state index < -0.39 is 17.8 Å². The van der Waals surface area contributed by atoms with Crippen molar-refractivity contribution in [2.24, 2.45) is 5.73 Å². The minimum atomic E-state index is -0.951. The third-order valence-corrected chi connectivity index (χ3v) is 4.56. The maximum atomic E-state index is 10.5. The summed E-state index contributed by atoms with van der Waals surface area (Å²) in [7, 11) is 0. The molecule has 0 radical (unpaired) electrons. The topological polar surface area (TPSA) is 86.7 Å². The number of hydrogen-bond acceptors (Lipinski definition) is 4. The van der Waals surface area contributed by atoms with E-state index in [1.807, 2.05) is 18.2 Å². The second-order valence-electron chi connectivity index (χ2n) is 6.28. The van der Waals surface area contributed by atoms with Gasteiger partial charge in [0.2, 0.25) is 0 Å². The van der Waals surface area contributed by atoms with Gasteiger partial charge >= 0.3 is 0 Å². The molecule has 0 saturated heterocycles. The van der Waals surface area contributed by atoms with Crippen molar-refractivity contribution in [1.82, 2.24) is 0 Å². The number of aliphatic hydroxyl groups excluding tert-OH is 2. The van der Waals surface area contributed by atoms with Crippen molar-refractivity contribution in [3.8, 4) is 0 Å². The molecule has 4 nitrogen and oxygen atoms in total. The lowest BCUT2D eigenvalue weighted by molar-refractivity contribution is -0.00346. The van der Waals surface area contributed by atoms with Crippen LogP contribution in [-0.4, -0.2) is 33.6 Å². The molecule has 0 bridgehead atoms. The van der Waals surface area contributed by atoms with Crippen LogP contribution < -0.4 is 5.73 Å². The maximum absolute atomic E-state index is 10.5. The monoisotopic (exact) mass is 293 g/mol. The summed E-state index contributed by atoms with van der Waals surface area (Å²) < 4.78 is 0. The van der Waals surface area contributed by atoms with E-state index in [1.165, 1.54) is 6.42 Å². The molecule has 1 aliphatic rings. The predicted octanol–water partition coefficient (Wildman–Crippen LogP) is 1.67. The van der Waals surface area contributed by atoms with Gasteiger partial charge in [-0.1, -0.05) is 43.5 Å². The molecule has 0 aliphatic heterocycles. The van der Waals surface area contributed by atoms with E-state index in [4.69, 9.17) is 5.73 Å². The molecular weight excluding hydrogens is 266 g/mol. The van der Waals surface area contributed by atoms with Gasteiger partial charge in [-0.05, 0) is 36.8 Å². The van der Waals surface area contributed by atoms with Gasteiger partial charge in [0.25, 0.3) is 0 Å². The van der Waals surface area contributed by atoms with E-state index in [9.17, 15) is 15.3 Å². The van der Waals surface area contributed by atoms with Gasteiger partial charge in [0.15, 0.2) is 0 Å². The van der Waals surface area contributed by atoms with E-state index in [2.05, 4.69) is 0 Å². The zero-order valence-electron chi connectivity index (χ0n) is 12.5. The van der Waals surface area contributed by atoms with Crippen LogP contribution in [0.15, 0.2) is 24.3 Å². The summed E-state index contributed by atoms with van der Waals surface area (Å²) in [5, 5.41) is 30.2. The van der Waals surface area contributed by atoms with Gasteiger partial charge < -0.3 is 21.1 Å². The molecule has 1 aromatic carbocycles. The van der Waals surface area contributed by atoms with Crippen molar-refractivity contribution in [2.75, 3.05) is 6.54 Å².